The highest BCUT2D eigenvalue weighted by atomic mass is 35.5. The molecule has 1 aromatic heterocycles. The molecule has 2 aliphatic rings. The first-order valence-corrected chi connectivity index (χ1v) is 9.61. The van der Waals surface area contributed by atoms with Crippen molar-refractivity contribution in [3.05, 3.63) is 75.6 Å². The third-order valence-corrected chi connectivity index (χ3v) is 5.74. The standard InChI is InChI=1S/C20H17Cl3N2O/c1-12-4-2-5-15(13-7-8-13)18(12)26-19-16(22)10-14(21)11-20(19,23)17-6-3-9-24-25-17/h2-6,9-11,13,19H,7-8H2,1H3. The zero-order chi connectivity index (χ0) is 18.3. The van der Waals surface area contributed by atoms with Crippen LogP contribution in [-0.4, -0.2) is 16.3 Å². The van der Waals surface area contributed by atoms with Crippen LogP contribution in [0.5, 0.6) is 5.75 Å². The SMILES string of the molecule is Cc1cccc(C2CC2)c1OC1C(Cl)=CC(Cl)=CC1(Cl)c1cccnn1. The highest BCUT2D eigenvalue weighted by Gasteiger charge is 2.45. The molecule has 0 saturated heterocycles. The highest BCUT2D eigenvalue weighted by molar-refractivity contribution is 6.38. The summed E-state index contributed by atoms with van der Waals surface area (Å²) in [6.45, 7) is 2.03. The first kappa shape index (κ1) is 17.8. The fourth-order valence-electron chi connectivity index (χ4n) is 3.25. The zero-order valence-electron chi connectivity index (χ0n) is 14.1. The lowest BCUT2D eigenvalue weighted by Gasteiger charge is -2.35. The number of hydrogen-bond donors (Lipinski definition) is 0. The molecule has 0 amide bonds. The Bertz CT molecular complexity index is 893. The van der Waals surface area contributed by atoms with Crippen molar-refractivity contribution in [3.63, 3.8) is 0 Å². The molecule has 2 unspecified atom stereocenters. The van der Waals surface area contributed by atoms with Gasteiger partial charge < -0.3 is 4.74 Å². The number of allylic oxidation sites excluding steroid dienone is 2. The normalized spacial score (nSPS) is 25.5. The molecule has 134 valence electrons. The second kappa shape index (κ2) is 6.88. The fraction of sp³-hybridized carbons (Fsp3) is 0.300. The molecule has 0 radical (unpaired) electrons. The monoisotopic (exact) mass is 406 g/mol. The number of hydrogen-bond acceptors (Lipinski definition) is 3. The van der Waals surface area contributed by atoms with E-state index in [9.17, 15) is 0 Å². The van der Waals surface area contributed by atoms with E-state index in [0.29, 0.717) is 21.7 Å². The molecule has 3 nitrogen and oxygen atoms in total. The van der Waals surface area contributed by atoms with E-state index in [4.69, 9.17) is 39.5 Å². The molecule has 26 heavy (non-hydrogen) atoms. The summed E-state index contributed by atoms with van der Waals surface area (Å²) in [4.78, 5) is -1.14. The Morgan fingerprint density at radius 1 is 1.15 bits per heavy atom. The minimum atomic E-state index is -1.14. The van der Waals surface area contributed by atoms with E-state index >= 15 is 0 Å². The van der Waals surface area contributed by atoms with Gasteiger partial charge in [-0.3, -0.25) is 0 Å². The number of benzene rings is 1. The summed E-state index contributed by atoms with van der Waals surface area (Å²) in [7, 11) is 0. The maximum atomic E-state index is 6.99. The zero-order valence-corrected chi connectivity index (χ0v) is 16.4. The van der Waals surface area contributed by atoms with E-state index < -0.39 is 11.0 Å². The summed E-state index contributed by atoms with van der Waals surface area (Å²) in [6, 6.07) is 9.78. The lowest BCUT2D eigenvalue weighted by molar-refractivity contribution is 0.204. The van der Waals surface area contributed by atoms with Crippen LogP contribution in [0.3, 0.4) is 0 Å². The smallest absolute Gasteiger partial charge is 0.163 e. The van der Waals surface area contributed by atoms with E-state index in [1.807, 2.05) is 13.0 Å². The second-order valence-corrected chi connectivity index (χ2v) is 8.20. The topological polar surface area (TPSA) is 35.0 Å². The molecule has 2 aliphatic carbocycles. The van der Waals surface area contributed by atoms with Crippen LogP contribution < -0.4 is 4.74 Å². The Labute approximate surface area is 167 Å². The van der Waals surface area contributed by atoms with Gasteiger partial charge in [-0.25, -0.2) is 0 Å². The second-order valence-electron chi connectivity index (χ2n) is 6.70. The minimum Gasteiger partial charge on any atom is -0.482 e. The predicted octanol–water partition coefficient (Wildman–Crippen LogP) is 5.80. The van der Waals surface area contributed by atoms with Gasteiger partial charge in [0.2, 0.25) is 0 Å². The fourth-order valence-corrected chi connectivity index (χ4v) is 4.42. The first-order valence-electron chi connectivity index (χ1n) is 8.48. The Morgan fingerprint density at radius 3 is 2.65 bits per heavy atom. The number of aromatic nitrogens is 2. The molecular formula is C20H17Cl3N2O. The van der Waals surface area contributed by atoms with Crippen LogP contribution in [0.1, 0.15) is 35.6 Å². The van der Waals surface area contributed by atoms with E-state index in [1.165, 1.54) is 18.4 Å². The third kappa shape index (κ3) is 3.24. The van der Waals surface area contributed by atoms with E-state index in [-0.39, 0.29) is 0 Å². The maximum Gasteiger partial charge on any atom is 0.163 e. The summed E-state index contributed by atoms with van der Waals surface area (Å²) in [6.07, 6.45) is 6.68. The van der Waals surface area contributed by atoms with Crippen LogP contribution in [0, 0.1) is 6.92 Å². The van der Waals surface area contributed by atoms with Gasteiger partial charge in [-0.2, -0.15) is 10.2 Å². The Hall–Kier alpha value is -1.55. The molecule has 0 bridgehead atoms. The van der Waals surface area contributed by atoms with E-state index in [0.717, 1.165) is 11.3 Å². The van der Waals surface area contributed by atoms with Crippen molar-refractivity contribution in [2.45, 2.75) is 36.7 Å². The number of aryl methyl sites for hydroxylation is 1. The molecule has 0 aliphatic heterocycles. The van der Waals surface area contributed by atoms with Crippen LogP contribution in [0.2, 0.25) is 0 Å². The first-order chi connectivity index (χ1) is 12.5. The van der Waals surface area contributed by atoms with Crippen molar-refractivity contribution in [3.8, 4) is 5.75 Å². The van der Waals surface area contributed by atoms with Crippen molar-refractivity contribution in [1.82, 2.24) is 10.2 Å². The van der Waals surface area contributed by atoms with Crippen LogP contribution in [0.15, 0.2) is 58.7 Å². The average Bonchev–Trinajstić information content (AvgIpc) is 3.45. The Morgan fingerprint density at radius 2 is 1.96 bits per heavy atom. The minimum absolute atomic E-state index is 0.433. The predicted molar refractivity (Wildman–Crippen MR) is 105 cm³/mol. The number of para-hydroxylation sites is 1. The molecule has 2 aromatic rings. The number of alkyl halides is 1. The molecule has 1 fully saturated rings. The number of halogens is 3. The molecule has 0 spiro atoms. The lowest BCUT2D eigenvalue weighted by atomic mass is 9.92. The summed E-state index contributed by atoms with van der Waals surface area (Å²) < 4.78 is 6.45. The molecule has 4 rings (SSSR count). The van der Waals surface area contributed by atoms with Gasteiger partial charge in [-0.1, -0.05) is 41.4 Å². The van der Waals surface area contributed by atoms with Crippen molar-refractivity contribution in [2.24, 2.45) is 0 Å². The Kier molecular flexibility index (Phi) is 4.72. The Balaban J connectivity index is 1.78. The molecule has 6 heteroatoms. The van der Waals surface area contributed by atoms with Gasteiger partial charge in [0.05, 0.1) is 10.7 Å². The van der Waals surface area contributed by atoms with Gasteiger partial charge in [0.1, 0.15) is 10.6 Å². The van der Waals surface area contributed by atoms with E-state index in [2.05, 4.69) is 22.3 Å². The molecule has 1 heterocycles. The molecular weight excluding hydrogens is 391 g/mol. The van der Waals surface area contributed by atoms with Crippen molar-refractivity contribution in [2.75, 3.05) is 0 Å². The van der Waals surface area contributed by atoms with Crippen LogP contribution >= 0.6 is 34.8 Å². The van der Waals surface area contributed by atoms with Crippen LogP contribution in [0.25, 0.3) is 0 Å². The third-order valence-electron chi connectivity index (χ3n) is 4.72. The largest absolute Gasteiger partial charge is 0.482 e. The molecule has 1 aromatic carbocycles. The number of ether oxygens (including phenoxy) is 1. The summed E-state index contributed by atoms with van der Waals surface area (Å²) in [5, 5.41) is 9.00. The summed E-state index contributed by atoms with van der Waals surface area (Å²) in [5.41, 5.74) is 2.79. The van der Waals surface area contributed by atoms with Gasteiger partial charge >= 0.3 is 0 Å². The molecule has 0 N–H and O–H groups in total. The van der Waals surface area contributed by atoms with Gasteiger partial charge in [0.25, 0.3) is 0 Å². The van der Waals surface area contributed by atoms with Crippen molar-refractivity contribution >= 4 is 34.8 Å². The average molecular weight is 408 g/mol. The van der Waals surface area contributed by atoms with Gasteiger partial charge in [-0.15, -0.1) is 11.6 Å². The van der Waals surface area contributed by atoms with Gasteiger partial charge in [0.15, 0.2) is 6.10 Å². The summed E-state index contributed by atoms with van der Waals surface area (Å²) in [5.74, 6) is 1.38. The number of nitrogens with zero attached hydrogens (tertiary/aromatic N) is 2. The highest BCUT2D eigenvalue weighted by Crippen LogP contribution is 2.49. The van der Waals surface area contributed by atoms with Crippen molar-refractivity contribution in [1.29, 1.82) is 0 Å². The van der Waals surface area contributed by atoms with E-state index in [1.54, 1.807) is 30.5 Å². The summed E-state index contributed by atoms with van der Waals surface area (Å²) >= 11 is 19.8. The number of rotatable bonds is 4. The molecule has 2 atom stereocenters. The van der Waals surface area contributed by atoms with Gasteiger partial charge in [0, 0.05) is 11.2 Å². The van der Waals surface area contributed by atoms with Crippen molar-refractivity contribution < 1.29 is 4.74 Å². The lowest BCUT2D eigenvalue weighted by Crippen LogP contribution is -2.40. The van der Waals surface area contributed by atoms with Crippen LogP contribution in [-0.2, 0) is 4.87 Å². The maximum absolute atomic E-state index is 6.99. The molecule has 1 saturated carbocycles. The van der Waals surface area contributed by atoms with Gasteiger partial charge in [-0.05, 0) is 61.1 Å². The quantitative estimate of drug-likeness (QED) is 0.600. The van der Waals surface area contributed by atoms with Crippen LogP contribution in [0.4, 0.5) is 0 Å².